The van der Waals surface area contributed by atoms with E-state index in [1.165, 1.54) is 6.92 Å². The number of Topliss-reactive ketones (excluding diaryl/α,β-unsaturated/α-hetero) is 1. The summed E-state index contributed by atoms with van der Waals surface area (Å²) in [7, 11) is 1.56. The highest BCUT2D eigenvalue weighted by Crippen LogP contribution is 2.32. The Kier molecular flexibility index (Phi) is 8.47. The number of amides is 1. The zero-order valence-corrected chi connectivity index (χ0v) is 23.1. The van der Waals surface area contributed by atoms with E-state index in [1.807, 2.05) is 32.0 Å². The summed E-state index contributed by atoms with van der Waals surface area (Å²) in [5.41, 5.74) is 6.52. The van der Waals surface area contributed by atoms with E-state index in [9.17, 15) is 9.59 Å². The van der Waals surface area contributed by atoms with Gasteiger partial charge in [-0.2, -0.15) is 5.10 Å². The van der Waals surface area contributed by atoms with Gasteiger partial charge >= 0.3 is 0 Å². The van der Waals surface area contributed by atoms with Crippen LogP contribution in [0.25, 0.3) is 22.8 Å². The Morgan fingerprint density at radius 2 is 1.87 bits per heavy atom. The fourth-order valence-corrected chi connectivity index (χ4v) is 5.31. The molecule has 1 fully saturated rings. The van der Waals surface area contributed by atoms with Crippen LogP contribution in [0.2, 0.25) is 5.02 Å². The molecule has 0 radical (unpaired) electrons. The van der Waals surface area contributed by atoms with E-state index in [0.29, 0.717) is 35.5 Å². The smallest absolute Gasteiger partial charge is 0.250 e. The first-order chi connectivity index (χ1) is 18.2. The van der Waals surface area contributed by atoms with E-state index in [4.69, 9.17) is 32.2 Å². The Hall–Kier alpha value is -3.30. The molecule has 0 aliphatic heterocycles. The van der Waals surface area contributed by atoms with Crippen molar-refractivity contribution in [3.63, 3.8) is 0 Å². The van der Waals surface area contributed by atoms with Gasteiger partial charge < -0.3 is 15.4 Å². The third kappa shape index (κ3) is 5.44. The number of rotatable bonds is 10. The van der Waals surface area contributed by atoms with Crippen molar-refractivity contribution in [1.29, 1.82) is 0 Å². The zero-order chi connectivity index (χ0) is 27.4. The molecule has 1 amide bonds. The molecular weight excluding hydrogens is 504 g/mol. The number of benzene rings is 1. The maximum absolute atomic E-state index is 13.8. The molecule has 1 atom stereocenters. The normalized spacial score (nSPS) is 15.4. The number of hydrogen-bond acceptors (Lipinski definition) is 7. The van der Waals surface area contributed by atoms with Crippen molar-refractivity contribution in [2.24, 2.45) is 11.7 Å². The van der Waals surface area contributed by atoms with Crippen LogP contribution in [0, 0.1) is 5.92 Å². The molecular formula is C28H35ClN6O3. The standard InChI is InChI=1S/C28H35ClN6O3/c1-18(2)28(30,19(3)36)27(37)34(22-7-5-6-8-22)15-16-35-26(21-9-10-24(38-4)23(29)17-21)32-25(33-35)20-11-13-31-14-12-20/h9-14,17-18,22H,5-8,15-16,30H2,1-4H3/t28-/m1/s1. The average molecular weight is 539 g/mol. The van der Waals surface area contributed by atoms with Crippen LogP contribution >= 0.6 is 11.6 Å². The third-order valence-corrected chi connectivity index (χ3v) is 7.74. The lowest BCUT2D eigenvalue weighted by Crippen LogP contribution is -2.64. The Morgan fingerprint density at radius 1 is 1.18 bits per heavy atom. The fourth-order valence-electron chi connectivity index (χ4n) is 5.05. The van der Waals surface area contributed by atoms with Crippen molar-refractivity contribution in [3.05, 3.63) is 47.7 Å². The van der Waals surface area contributed by atoms with Gasteiger partial charge in [0, 0.05) is 36.1 Å². The number of aromatic nitrogens is 4. The molecule has 2 aromatic heterocycles. The van der Waals surface area contributed by atoms with Crippen LogP contribution in [0.3, 0.4) is 0 Å². The minimum absolute atomic E-state index is 0.0330. The number of carbonyl (C=O) groups excluding carboxylic acids is 2. The second-order valence-corrected chi connectivity index (χ2v) is 10.5. The molecule has 9 nitrogen and oxygen atoms in total. The highest BCUT2D eigenvalue weighted by atomic mass is 35.5. The highest BCUT2D eigenvalue weighted by Gasteiger charge is 2.46. The molecule has 0 spiro atoms. The average Bonchev–Trinajstić information content (AvgIpc) is 3.59. The summed E-state index contributed by atoms with van der Waals surface area (Å²) in [5.74, 6) is 0.719. The van der Waals surface area contributed by atoms with Crippen molar-refractivity contribution in [2.45, 2.75) is 64.6 Å². The number of methoxy groups -OCH3 is 1. The molecule has 1 saturated carbocycles. The van der Waals surface area contributed by atoms with Gasteiger partial charge in [-0.15, -0.1) is 0 Å². The lowest BCUT2D eigenvalue weighted by Gasteiger charge is -2.38. The first-order valence-electron chi connectivity index (χ1n) is 13.0. The van der Waals surface area contributed by atoms with Crippen LogP contribution in [-0.2, 0) is 16.1 Å². The fraction of sp³-hybridized carbons (Fsp3) is 0.464. The third-order valence-electron chi connectivity index (χ3n) is 7.45. The van der Waals surface area contributed by atoms with Crippen LogP contribution in [0.5, 0.6) is 5.75 Å². The van der Waals surface area contributed by atoms with E-state index >= 15 is 0 Å². The van der Waals surface area contributed by atoms with E-state index in [-0.39, 0.29) is 23.7 Å². The summed E-state index contributed by atoms with van der Waals surface area (Å²) < 4.78 is 7.09. The van der Waals surface area contributed by atoms with E-state index in [1.54, 1.807) is 41.2 Å². The summed E-state index contributed by atoms with van der Waals surface area (Å²) in [5, 5.41) is 5.24. The van der Waals surface area contributed by atoms with Crippen LogP contribution in [0.15, 0.2) is 42.7 Å². The second-order valence-electron chi connectivity index (χ2n) is 10.1. The van der Waals surface area contributed by atoms with Crippen molar-refractivity contribution >= 4 is 23.3 Å². The summed E-state index contributed by atoms with van der Waals surface area (Å²) >= 11 is 6.43. The Bertz CT molecular complexity index is 1290. The number of halogens is 1. The number of carbonyl (C=O) groups is 2. The minimum Gasteiger partial charge on any atom is -0.495 e. The Balaban J connectivity index is 1.71. The molecule has 1 aliphatic carbocycles. The molecule has 10 heteroatoms. The van der Waals surface area contributed by atoms with Crippen LogP contribution in [0.1, 0.15) is 46.5 Å². The Morgan fingerprint density at radius 3 is 2.45 bits per heavy atom. The van der Waals surface area contributed by atoms with Crippen LogP contribution < -0.4 is 10.5 Å². The van der Waals surface area contributed by atoms with Gasteiger partial charge in [0.05, 0.1) is 18.7 Å². The number of ketones is 1. The molecule has 0 bridgehead atoms. The summed E-state index contributed by atoms with van der Waals surface area (Å²) in [6.45, 7) is 5.74. The zero-order valence-electron chi connectivity index (χ0n) is 22.4. The minimum atomic E-state index is -1.57. The molecule has 2 heterocycles. The van der Waals surface area contributed by atoms with Crippen molar-refractivity contribution in [2.75, 3.05) is 13.7 Å². The molecule has 0 unspecified atom stereocenters. The first-order valence-corrected chi connectivity index (χ1v) is 13.3. The maximum atomic E-state index is 13.8. The van der Waals surface area contributed by atoms with Gasteiger partial charge in [-0.25, -0.2) is 9.67 Å². The number of nitrogens with two attached hydrogens (primary N) is 1. The quantitative estimate of drug-likeness (QED) is 0.381. The topological polar surface area (TPSA) is 116 Å². The summed E-state index contributed by atoms with van der Waals surface area (Å²) in [6.07, 6.45) is 7.23. The predicted octanol–water partition coefficient (Wildman–Crippen LogP) is 4.38. The highest BCUT2D eigenvalue weighted by molar-refractivity contribution is 6.32. The van der Waals surface area contributed by atoms with Gasteiger partial charge in [0.15, 0.2) is 23.0 Å². The monoisotopic (exact) mass is 538 g/mol. The molecule has 4 rings (SSSR count). The van der Waals surface area contributed by atoms with Gasteiger partial charge in [0.25, 0.3) is 5.91 Å². The van der Waals surface area contributed by atoms with E-state index in [0.717, 1.165) is 36.8 Å². The predicted molar refractivity (Wildman–Crippen MR) is 147 cm³/mol. The van der Waals surface area contributed by atoms with Gasteiger partial charge in [0.1, 0.15) is 5.75 Å². The Labute approximate surface area is 228 Å². The second kappa shape index (κ2) is 11.6. The molecule has 2 N–H and O–H groups in total. The molecule has 1 aromatic carbocycles. The molecule has 202 valence electrons. The van der Waals surface area contributed by atoms with E-state index < -0.39 is 5.54 Å². The van der Waals surface area contributed by atoms with Gasteiger partial charge in [-0.3, -0.25) is 14.6 Å². The lowest BCUT2D eigenvalue weighted by atomic mass is 9.82. The molecule has 38 heavy (non-hydrogen) atoms. The lowest BCUT2D eigenvalue weighted by molar-refractivity contribution is -0.146. The SMILES string of the molecule is COc1ccc(-c2nc(-c3ccncc3)nn2CCN(C(=O)[C@](N)(C(C)=O)C(C)C)C2CCCC2)cc1Cl. The molecule has 0 saturated heterocycles. The van der Waals surface area contributed by atoms with Crippen molar-refractivity contribution in [3.8, 4) is 28.5 Å². The number of nitrogens with zero attached hydrogens (tertiary/aromatic N) is 5. The molecule has 3 aromatic rings. The largest absolute Gasteiger partial charge is 0.495 e. The van der Waals surface area contributed by atoms with Crippen molar-refractivity contribution < 1.29 is 14.3 Å². The van der Waals surface area contributed by atoms with E-state index in [2.05, 4.69) is 4.98 Å². The summed E-state index contributed by atoms with van der Waals surface area (Å²) in [4.78, 5) is 37.1. The van der Waals surface area contributed by atoms with Crippen LogP contribution in [-0.4, -0.2) is 61.6 Å². The molecule has 1 aliphatic rings. The van der Waals surface area contributed by atoms with Gasteiger partial charge in [0.2, 0.25) is 0 Å². The summed E-state index contributed by atoms with van der Waals surface area (Å²) in [6, 6.07) is 9.17. The maximum Gasteiger partial charge on any atom is 0.250 e. The first kappa shape index (κ1) is 27.7. The van der Waals surface area contributed by atoms with Gasteiger partial charge in [-0.05, 0) is 56.0 Å². The van der Waals surface area contributed by atoms with Crippen LogP contribution in [0.4, 0.5) is 0 Å². The van der Waals surface area contributed by atoms with Gasteiger partial charge in [-0.1, -0.05) is 38.3 Å². The van der Waals surface area contributed by atoms with Crippen molar-refractivity contribution in [1.82, 2.24) is 24.6 Å². The number of hydrogen-bond donors (Lipinski definition) is 1. The number of pyridine rings is 1. The number of ether oxygens (including phenoxy) is 1.